The monoisotopic (exact) mass is 146 g/mol. The van der Waals surface area contributed by atoms with E-state index in [-0.39, 0.29) is 0 Å². The van der Waals surface area contributed by atoms with Crippen molar-refractivity contribution >= 4 is 11.6 Å². The summed E-state index contributed by atoms with van der Waals surface area (Å²) in [4.78, 5) is 0. The molecule has 0 aromatic rings. The fourth-order valence-corrected chi connectivity index (χ4v) is 2.09. The maximum atomic E-state index is 6.06. The van der Waals surface area contributed by atoms with Crippen molar-refractivity contribution < 1.29 is 0 Å². The third-order valence-electron chi connectivity index (χ3n) is 2.23. The van der Waals surface area contributed by atoms with E-state index in [0.29, 0.717) is 5.38 Å². The Hall–Kier alpha value is 0.290. The van der Waals surface area contributed by atoms with E-state index >= 15 is 0 Å². The second-order valence-corrected chi connectivity index (χ2v) is 3.56. The summed E-state index contributed by atoms with van der Waals surface area (Å²) < 4.78 is 0. The largest absolute Gasteiger partial charge is 0.123 e. The first-order valence-electron chi connectivity index (χ1n) is 3.98. The van der Waals surface area contributed by atoms with Gasteiger partial charge in [-0.15, -0.1) is 11.6 Å². The highest BCUT2D eigenvalue weighted by atomic mass is 35.5. The third kappa shape index (κ3) is 1.86. The Bertz CT molecular complexity index is 80.6. The molecule has 1 fully saturated rings. The molecule has 0 radical (unpaired) electrons. The van der Waals surface area contributed by atoms with Crippen molar-refractivity contribution in [3.63, 3.8) is 0 Å². The van der Waals surface area contributed by atoms with E-state index in [9.17, 15) is 0 Å². The number of hydrogen-bond acceptors (Lipinski definition) is 0. The molecule has 1 rings (SSSR count). The Kier molecular flexibility index (Phi) is 2.84. The number of alkyl halides is 1. The van der Waals surface area contributed by atoms with Gasteiger partial charge in [0.25, 0.3) is 0 Å². The zero-order valence-corrected chi connectivity index (χ0v) is 6.82. The van der Waals surface area contributed by atoms with Crippen LogP contribution >= 0.6 is 11.6 Å². The molecule has 0 heterocycles. The molecule has 0 saturated heterocycles. The van der Waals surface area contributed by atoms with Gasteiger partial charge in [-0.2, -0.15) is 0 Å². The zero-order valence-electron chi connectivity index (χ0n) is 6.07. The Morgan fingerprint density at radius 3 is 2.67 bits per heavy atom. The van der Waals surface area contributed by atoms with E-state index in [1.54, 1.807) is 0 Å². The Balaban J connectivity index is 2.22. The van der Waals surface area contributed by atoms with Gasteiger partial charge in [-0.1, -0.05) is 19.8 Å². The summed E-state index contributed by atoms with van der Waals surface area (Å²) in [6.45, 7) is 2.24. The van der Waals surface area contributed by atoms with Crippen molar-refractivity contribution in [2.75, 3.05) is 0 Å². The Morgan fingerprint density at radius 2 is 2.22 bits per heavy atom. The molecule has 0 nitrogen and oxygen atoms in total. The highest BCUT2D eigenvalue weighted by Crippen LogP contribution is 2.32. The first-order chi connectivity index (χ1) is 4.34. The molecule has 9 heavy (non-hydrogen) atoms. The lowest BCUT2D eigenvalue weighted by Gasteiger charge is -2.10. The number of halogens is 1. The average Bonchev–Trinajstić information content (AvgIpc) is 2.18. The smallest absolute Gasteiger partial charge is 0.0364 e. The lowest BCUT2D eigenvalue weighted by Crippen LogP contribution is -2.05. The van der Waals surface area contributed by atoms with Crippen LogP contribution in [0.25, 0.3) is 0 Å². The van der Waals surface area contributed by atoms with E-state index in [1.165, 1.54) is 32.1 Å². The standard InChI is InChI=1S/C8H15Cl/c1-2-4-7-5-3-6-8(7)9/h7-8H,2-6H2,1H3. The normalized spacial score (nSPS) is 35.3. The molecule has 0 amide bonds. The second kappa shape index (κ2) is 3.46. The van der Waals surface area contributed by atoms with E-state index < -0.39 is 0 Å². The van der Waals surface area contributed by atoms with Crippen molar-refractivity contribution in [2.45, 2.75) is 44.4 Å². The van der Waals surface area contributed by atoms with Crippen molar-refractivity contribution in [3.8, 4) is 0 Å². The molecule has 1 aliphatic rings. The number of hydrogen-bond donors (Lipinski definition) is 0. The van der Waals surface area contributed by atoms with Gasteiger partial charge in [0.2, 0.25) is 0 Å². The van der Waals surface area contributed by atoms with Crippen LogP contribution in [0.5, 0.6) is 0 Å². The van der Waals surface area contributed by atoms with Gasteiger partial charge >= 0.3 is 0 Å². The summed E-state index contributed by atoms with van der Waals surface area (Å²) in [5.41, 5.74) is 0. The van der Waals surface area contributed by atoms with Gasteiger partial charge in [0.1, 0.15) is 0 Å². The van der Waals surface area contributed by atoms with Gasteiger partial charge in [-0.25, -0.2) is 0 Å². The molecule has 1 heteroatoms. The van der Waals surface area contributed by atoms with E-state index in [0.717, 1.165) is 5.92 Å². The summed E-state index contributed by atoms with van der Waals surface area (Å²) in [6, 6.07) is 0. The van der Waals surface area contributed by atoms with Gasteiger partial charge in [-0.3, -0.25) is 0 Å². The minimum Gasteiger partial charge on any atom is -0.123 e. The quantitative estimate of drug-likeness (QED) is 0.525. The van der Waals surface area contributed by atoms with Crippen LogP contribution in [0.1, 0.15) is 39.0 Å². The molecular formula is C8H15Cl. The van der Waals surface area contributed by atoms with Crippen LogP contribution < -0.4 is 0 Å². The van der Waals surface area contributed by atoms with Crippen LogP contribution in [0.4, 0.5) is 0 Å². The van der Waals surface area contributed by atoms with Gasteiger partial charge in [0.05, 0.1) is 0 Å². The van der Waals surface area contributed by atoms with Gasteiger partial charge in [0.15, 0.2) is 0 Å². The summed E-state index contributed by atoms with van der Waals surface area (Å²) in [5, 5.41) is 0.505. The molecule has 0 spiro atoms. The SMILES string of the molecule is CCCC1CCCC1Cl. The minimum absolute atomic E-state index is 0.505. The lowest BCUT2D eigenvalue weighted by atomic mass is 10.0. The predicted octanol–water partition coefficient (Wildman–Crippen LogP) is 3.19. The van der Waals surface area contributed by atoms with Crippen LogP contribution in [0.2, 0.25) is 0 Å². The molecule has 54 valence electrons. The molecule has 0 bridgehead atoms. The molecule has 1 saturated carbocycles. The van der Waals surface area contributed by atoms with Gasteiger partial charge in [0, 0.05) is 5.38 Å². The molecule has 0 aromatic heterocycles. The van der Waals surface area contributed by atoms with E-state index in [2.05, 4.69) is 6.92 Å². The van der Waals surface area contributed by atoms with Crippen LogP contribution in [-0.4, -0.2) is 5.38 Å². The maximum absolute atomic E-state index is 6.06. The highest BCUT2D eigenvalue weighted by molar-refractivity contribution is 6.20. The predicted molar refractivity (Wildman–Crippen MR) is 41.9 cm³/mol. The second-order valence-electron chi connectivity index (χ2n) is 3.00. The number of rotatable bonds is 2. The minimum atomic E-state index is 0.505. The third-order valence-corrected chi connectivity index (χ3v) is 2.80. The molecule has 1 aliphatic carbocycles. The van der Waals surface area contributed by atoms with E-state index in [1.807, 2.05) is 0 Å². The molecule has 0 N–H and O–H groups in total. The summed E-state index contributed by atoms with van der Waals surface area (Å²) in [7, 11) is 0. The Morgan fingerprint density at radius 1 is 1.44 bits per heavy atom. The van der Waals surface area contributed by atoms with Gasteiger partial charge in [-0.05, 0) is 25.2 Å². The summed E-state index contributed by atoms with van der Waals surface area (Å²) >= 11 is 6.06. The summed E-state index contributed by atoms with van der Waals surface area (Å²) in [6.07, 6.45) is 6.63. The fraction of sp³-hybridized carbons (Fsp3) is 1.00. The van der Waals surface area contributed by atoms with Crippen molar-refractivity contribution in [1.29, 1.82) is 0 Å². The van der Waals surface area contributed by atoms with Crippen molar-refractivity contribution in [2.24, 2.45) is 5.92 Å². The van der Waals surface area contributed by atoms with E-state index in [4.69, 9.17) is 11.6 Å². The highest BCUT2D eigenvalue weighted by Gasteiger charge is 2.23. The molecule has 2 unspecified atom stereocenters. The average molecular weight is 147 g/mol. The zero-order chi connectivity index (χ0) is 6.69. The van der Waals surface area contributed by atoms with Crippen LogP contribution in [0.3, 0.4) is 0 Å². The lowest BCUT2D eigenvalue weighted by molar-refractivity contribution is 0.502. The van der Waals surface area contributed by atoms with Crippen molar-refractivity contribution in [3.05, 3.63) is 0 Å². The topological polar surface area (TPSA) is 0 Å². The van der Waals surface area contributed by atoms with Gasteiger partial charge < -0.3 is 0 Å². The fourth-order valence-electron chi connectivity index (χ4n) is 1.69. The first kappa shape index (κ1) is 7.40. The first-order valence-corrected chi connectivity index (χ1v) is 4.42. The van der Waals surface area contributed by atoms with Crippen LogP contribution in [0, 0.1) is 5.92 Å². The van der Waals surface area contributed by atoms with Crippen LogP contribution in [-0.2, 0) is 0 Å². The molecule has 0 aliphatic heterocycles. The molecule has 2 atom stereocenters. The summed E-state index contributed by atoms with van der Waals surface area (Å²) in [5.74, 6) is 0.844. The Labute approximate surface area is 62.6 Å². The van der Waals surface area contributed by atoms with Crippen LogP contribution in [0.15, 0.2) is 0 Å². The van der Waals surface area contributed by atoms with Crippen molar-refractivity contribution in [1.82, 2.24) is 0 Å². The molecular weight excluding hydrogens is 132 g/mol. The maximum Gasteiger partial charge on any atom is 0.0364 e. The molecule has 0 aromatic carbocycles.